The van der Waals surface area contributed by atoms with Crippen LogP contribution in [0.1, 0.15) is 54.7 Å². The molecule has 4 rings (SSSR count). The van der Waals surface area contributed by atoms with E-state index in [9.17, 15) is 14.4 Å². The van der Waals surface area contributed by atoms with Gasteiger partial charge in [0.2, 0.25) is 0 Å². The van der Waals surface area contributed by atoms with Gasteiger partial charge in [-0.15, -0.1) is 11.8 Å². The highest BCUT2D eigenvalue weighted by Crippen LogP contribution is 2.41. The number of carbonyl (C=O) groups excluding carboxylic acids is 3. The molecule has 0 amide bonds. The number of hydrogen-bond acceptors (Lipinski definition) is 8. The summed E-state index contributed by atoms with van der Waals surface area (Å²) in [6.45, 7) is 15.2. The maximum atomic E-state index is 13.4. The van der Waals surface area contributed by atoms with E-state index in [0.717, 1.165) is 16.7 Å². The monoisotopic (exact) mass is 612 g/mol. The lowest BCUT2D eigenvalue weighted by atomic mass is 10.1. The minimum absolute atomic E-state index is 0.129. The highest BCUT2D eigenvalue weighted by atomic mass is 32.2. The molecule has 4 atom stereocenters. The van der Waals surface area contributed by atoms with E-state index in [0.29, 0.717) is 28.0 Å². The van der Waals surface area contributed by atoms with Crippen LogP contribution in [-0.4, -0.2) is 47.4 Å². The molecule has 0 aliphatic carbocycles. The number of esters is 3. The van der Waals surface area contributed by atoms with Crippen molar-refractivity contribution in [2.24, 2.45) is 0 Å². The average Bonchev–Trinajstić information content (AvgIpc) is 3.31. The predicted octanol–water partition coefficient (Wildman–Crippen LogP) is 7.32. The minimum atomic E-state index is -1.06. The third kappa shape index (κ3) is 8.29. The highest BCUT2D eigenvalue weighted by Gasteiger charge is 2.51. The maximum Gasteiger partial charge on any atom is 0.338 e. The number of aryl methyl sites for hydroxylation is 3. The summed E-state index contributed by atoms with van der Waals surface area (Å²) in [6.07, 6.45) is 1.28. The van der Waals surface area contributed by atoms with Gasteiger partial charge >= 0.3 is 17.9 Å². The zero-order chi connectivity index (χ0) is 31.8. The summed E-state index contributed by atoms with van der Waals surface area (Å²) in [5.41, 5.74) is 3.92. The van der Waals surface area contributed by atoms with Crippen LogP contribution in [0.3, 0.4) is 0 Å². The van der Waals surface area contributed by atoms with Gasteiger partial charge in [-0.05, 0) is 69.7 Å². The number of thioether (sulfide) groups is 1. The van der Waals surface area contributed by atoms with Gasteiger partial charge in [0.05, 0.1) is 21.9 Å². The number of rotatable bonds is 11. The van der Waals surface area contributed by atoms with E-state index in [2.05, 4.69) is 13.2 Å². The molecule has 0 bridgehead atoms. The summed E-state index contributed by atoms with van der Waals surface area (Å²) in [7, 11) is 0. The molecule has 0 aromatic heterocycles. The van der Waals surface area contributed by atoms with E-state index in [1.54, 1.807) is 60.7 Å². The molecule has 7 nitrogen and oxygen atoms in total. The number of allylic oxidation sites excluding steroid dienone is 3. The fourth-order valence-electron chi connectivity index (χ4n) is 4.38. The SMILES string of the molecule is C=C/C=C(\C)C(=C)OC1S[C@H](COC(=O)c2ccc(C)cc2)[C@H](OC(=O)c2ccc(C)cc2)[C@@H]1OC(=O)c1ccc(C)cc1. The van der Waals surface area contributed by atoms with Crippen LogP contribution >= 0.6 is 11.8 Å². The van der Waals surface area contributed by atoms with Gasteiger partial charge < -0.3 is 18.9 Å². The molecule has 1 aliphatic rings. The summed E-state index contributed by atoms with van der Waals surface area (Å²) in [4.78, 5) is 39.6. The van der Waals surface area contributed by atoms with Gasteiger partial charge in [0.25, 0.3) is 0 Å². The largest absolute Gasteiger partial charge is 0.476 e. The van der Waals surface area contributed by atoms with Crippen LogP contribution in [0.2, 0.25) is 0 Å². The van der Waals surface area contributed by atoms with Gasteiger partial charge in [0.15, 0.2) is 17.6 Å². The molecule has 0 spiro atoms. The maximum absolute atomic E-state index is 13.4. The fourth-order valence-corrected chi connectivity index (χ4v) is 5.78. The van der Waals surface area contributed by atoms with Crippen molar-refractivity contribution >= 4 is 29.7 Å². The summed E-state index contributed by atoms with van der Waals surface area (Å²) in [6, 6.07) is 20.9. The van der Waals surface area contributed by atoms with E-state index in [-0.39, 0.29) is 6.61 Å². The van der Waals surface area contributed by atoms with Gasteiger partial charge in [-0.3, -0.25) is 0 Å². The Morgan fingerprint density at radius 2 is 1.14 bits per heavy atom. The first kappa shape index (κ1) is 32.4. The van der Waals surface area contributed by atoms with Crippen LogP contribution in [-0.2, 0) is 18.9 Å². The van der Waals surface area contributed by atoms with Crippen molar-refractivity contribution in [2.75, 3.05) is 6.61 Å². The zero-order valence-electron chi connectivity index (χ0n) is 25.3. The smallest absolute Gasteiger partial charge is 0.338 e. The second-order valence-corrected chi connectivity index (χ2v) is 11.9. The van der Waals surface area contributed by atoms with Gasteiger partial charge in [-0.2, -0.15) is 0 Å². The molecule has 3 aromatic carbocycles. The Morgan fingerprint density at radius 3 is 1.59 bits per heavy atom. The Labute approximate surface area is 262 Å². The van der Waals surface area contributed by atoms with E-state index in [4.69, 9.17) is 18.9 Å². The Bertz CT molecular complexity index is 1540. The van der Waals surface area contributed by atoms with Crippen molar-refractivity contribution in [1.29, 1.82) is 0 Å². The Kier molecular flexibility index (Phi) is 10.8. The molecule has 44 heavy (non-hydrogen) atoms. The van der Waals surface area contributed by atoms with Crippen LogP contribution in [0, 0.1) is 20.8 Å². The lowest BCUT2D eigenvalue weighted by Gasteiger charge is -2.26. The van der Waals surface area contributed by atoms with E-state index in [1.165, 1.54) is 11.8 Å². The number of benzene rings is 3. The molecule has 228 valence electrons. The molecule has 8 heteroatoms. The van der Waals surface area contributed by atoms with Crippen LogP contribution < -0.4 is 0 Å². The van der Waals surface area contributed by atoms with Gasteiger partial charge in [0, 0.05) is 0 Å². The first-order chi connectivity index (χ1) is 21.0. The van der Waals surface area contributed by atoms with Crippen LogP contribution in [0.4, 0.5) is 0 Å². The average molecular weight is 613 g/mol. The molecule has 1 fully saturated rings. The zero-order valence-corrected chi connectivity index (χ0v) is 26.1. The molecule has 0 radical (unpaired) electrons. The standard InChI is InChI=1S/C36H36O7S/c1-7-8-25(5)26(6)41-36-32(43-35(39)29-19-13-24(4)14-20-29)31(42-34(38)28-17-11-23(3)12-18-28)30(44-36)21-40-33(37)27-15-9-22(2)10-16-27/h7-20,30-32,36H,1,6,21H2,2-5H3/b25-8+/t30-,31+,32+,36?/m1/s1. The quantitative estimate of drug-likeness (QED) is 0.0963. The summed E-state index contributed by atoms with van der Waals surface area (Å²) in [5, 5.41) is -0.629. The van der Waals surface area contributed by atoms with E-state index >= 15 is 0 Å². The summed E-state index contributed by atoms with van der Waals surface area (Å²) in [5.74, 6) is -1.41. The van der Waals surface area contributed by atoms with Crippen molar-refractivity contribution in [3.8, 4) is 0 Å². The first-order valence-corrected chi connectivity index (χ1v) is 15.1. The Hall–Kier alpha value is -4.56. The van der Waals surface area contributed by atoms with Crippen molar-refractivity contribution in [1.82, 2.24) is 0 Å². The van der Waals surface area contributed by atoms with Crippen LogP contribution in [0.5, 0.6) is 0 Å². The molecule has 1 saturated heterocycles. The van der Waals surface area contributed by atoms with Crippen molar-refractivity contribution in [2.45, 2.75) is 50.6 Å². The molecule has 0 N–H and O–H groups in total. The Balaban J connectivity index is 1.65. The molecule has 3 aromatic rings. The first-order valence-electron chi connectivity index (χ1n) is 14.2. The summed E-state index contributed by atoms with van der Waals surface area (Å²) >= 11 is 1.24. The fraction of sp³-hybridized carbons (Fsp3) is 0.250. The topological polar surface area (TPSA) is 88.1 Å². The minimum Gasteiger partial charge on any atom is -0.476 e. The number of hydrogen-bond donors (Lipinski definition) is 0. The van der Waals surface area contributed by atoms with E-state index in [1.807, 2.05) is 52.0 Å². The predicted molar refractivity (Wildman–Crippen MR) is 172 cm³/mol. The normalized spacial score (nSPS) is 19.5. The number of carbonyl (C=O) groups is 3. The van der Waals surface area contributed by atoms with Crippen LogP contribution in [0.15, 0.2) is 109 Å². The van der Waals surface area contributed by atoms with Gasteiger partial charge in [-0.25, -0.2) is 14.4 Å². The Morgan fingerprint density at radius 1 is 0.705 bits per heavy atom. The van der Waals surface area contributed by atoms with Crippen molar-refractivity contribution in [3.63, 3.8) is 0 Å². The third-order valence-corrected chi connectivity index (χ3v) is 8.45. The van der Waals surface area contributed by atoms with Crippen molar-refractivity contribution < 1.29 is 33.3 Å². The van der Waals surface area contributed by atoms with Crippen LogP contribution in [0.25, 0.3) is 0 Å². The second-order valence-electron chi connectivity index (χ2n) is 10.6. The lowest BCUT2D eigenvalue weighted by molar-refractivity contribution is -0.0598. The molecule has 1 heterocycles. The lowest BCUT2D eigenvalue weighted by Crippen LogP contribution is -2.42. The molecule has 1 aliphatic heterocycles. The summed E-state index contributed by atoms with van der Waals surface area (Å²) < 4.78 is 23.9. The third-order valence-electron chi connectivity index (χ3n) is 7.06. The van der Waals surface area contributed by atoms with Gasteiger partial charge in [-0.1, -0.05) is 78.4 Å². The molecular formula is C36H36O7S. The number of ether oxygens (including phenoxy) is 4. The molecule has 0 saturated carbocycles. The molecular weight excluding hydrogens is 576 g/mol. The van der Waals surface area contributed by atoms with E-state index < -0.39 is 40.8 Å². The van der Waals surface area contributed by atoms with Crippen molar-refractivity contribution in [3.05, 3.63) is 143 Å². The molecule has 1 unspecified atom stereocenters. The van der Waals surface area contributed by atoms with Gasteiger partial charge in [0.1, 0.15) is 12.4 Å². The second kappa shape index (κ2) is 14.8. The highest BCUT2D eigenvalue weighted by molar-refractivity contribution is 8.00.